The summed E-state index contributed by atoms with van der Waals surface area (Å²) in [6.45, 7) is 3.68. The summed E-state index contributed by atoms with van der Waals surface area (Å²) in [6, 6.07) is 0. The van der Waals surface area contributed by atoms with Gasteiger partial charge in [-0.2, -0.15) is 9.90 Å². The summed E-state index contributed by atoms with van der Waals surface area (Å²) in [7, 11) is 1.61. The summed E-state index contributed by atoms with van der Waals surface area (Å²) in [5.41, 5.74) is -0.735. The number of hydrogen-bond donors (Lipinski definition) is 2. The van der Waals surface area contributed by atoms with Gasteiger partial charge in [0, 0.05) is 13.6 Å². The molecule has 1 aromatic rings. The molecular weight excluding hydrogens is 236 g/mol. The molecule has 0 bridgehead atoms. The van der Waals surface area contributed by atoms with E-state index in [4.69, 9.17) is 0 Å². The largest absolute Gasteiger partial charge is 0.481 e. The predicted octanol–water partition coefficient (Wildman–Crippen LogP) is 0.436. The van der Waals surface area contributed by atoms with Gasteiger partial charge in [-0.25, -0.2) is 0 Å². The highest BCUT2D eigenvalue weighted by Crippen LogP contribution is 2.25. The van der Waals surface area contributed by atoms with Gasteiger partial charge in [-0.3, -0.25) is 9.59 Å². The maximum atomic E-state index is 11.7. The van der Waals surface area contributed by atoms with Crippen molar-refractivity contribution in [3.8, 4) is 0 Å². The Morgan fingerprint density at radius 1 is 1.44 bits per heavy atom. The van der Waals surface area contributed by atoms with Crippen LogP contribution >= 0.6 is 0 Å². The lowest BCUT2D eigenvalue weighted by molar-refractivity contribution is -0.149. The van der Waals surface area contributed by atoms with Crippen LogP contribution in [-0.4, -0.2) is 38.5 Å². The second-order valence-electron chi connectivity index (χ2n) is 4.19. The van der Waals surface area contributed by atoms with Crippen LogP contribution in [0.25, 0.3) is 0 Å². The number of hydrogen-bond acceptors (Lipinski definition) is 4. The molecule has 0 saturated carbocycles. The fourth-order valence-corrected chi connectivity index (χ4v) is 1.67. The Hall–Kier alpha value is -1.92. The number of carboxylic acids is 1. The molecule has 0 atom stereocenters. The fourth-order valence-electron chi connectivity index (χ4n) is 1.67. The Morgan fingerprint density at radius 2 is 2.06 bits per heavy atom. The van der Waals surface area contributed by atoms with E-state index in [-0.39, 0.29) is 12.2 Å². The number of carbonyl (C=O) groups excluding carboxylic acids is 1. The Bertz CT molecular complexity index is 437. The van der Waals surface area contributed by atoms with Crippen molar-refractivity contribution in [2.45, 2.75) is 26.7 Å². The van der Waals surface area contributed by atoms with Gasteiger partial charge in [-0.15, -0.1) is 5.10 Å². The third-order valence-electron chi connectivity index (χ3n) is 3.23. The maximum Gasteiger partial charge on any atom is 0.311 e. The van der Waals surface area contributed by atoms with Crippen LogP contribution in [-0.2, 0) is 11.8 Å². The highest BCUT2D eigenvalue weighted by molar-refractivity contribution is 5.92. The highest BCUT2D eigenvalue weighted by Gasteiger charge is 2.35. The fraction of sp³-hybridized carbons (Fsp3) is 0.636. The van der Waals surface area contributed by atoms with E-state index in [0.29, 0.717) is 12.8 Å². The zero-order valence-corrected chi connectivity index (χ0v) is 10.8. The van der Waals surface area contributed by atoms with E-state index >= 15 is 0 Å². The molecule has 0 aliphatic carbocycles. The quantitative estimate of drug-likeness (QED) is 0.767. The molecule has 1 rings (SSSR count). The minimum Gasteiger partial charge on any atom is -0.481 e. The number of aromatic nitrogens is 3. The molecule has 0 spiro atoms. The van der Waals surface area contributed by atoms with Crippen LogP contribution in [0.2, 0.25) is 0 Å². The number of aryl methyl sites for hydroxylation is 1. The molecule has 2 N–H and O–H groups in total. The van der Waals surface area contributed by atoms with Crippen molar-refractivity contribution in [3.05, 3.63) is 11.9 Å². The van der Waals surface area contributed by atoms with Crippen LogP contribution in [0, 0.1) is 5.41 Å². The summed E-state index contributed by atoms with van der Waals surface area (Å²) in [5, 5.41) is 19.5. The number of amides is 1. The van der Waals surface area contributed by atoms with Crippen LogP contribution < -0.4 is 5.32 Å². The average Bonchev–Trinajstić information content (AvgIpc) is 2.77. The average molecular weight is 254 g/mol. The molecule has 100 valence electrons. The Morgan fingerprint density at radius 3 is 2.44 bits per heavy atom. The SMILES string of the molecule is CCC(CC)(CNC(=O)c1cnn(C)n1)C(=O)O. The molecule has 18 heavy (non-hydrogen) atoms. The third-order valence-corrected chi connectivity index (χ3v) is 3.23. The molecule has 7 nitrogen and oxygen atoms in total. The minimum absolute atomic E-state index is 0.0880. The lowest BCUT2D eigenvalue weighted by atomic mass is 9.82. The van der Waals surface area contributed by atoms with Gasteiger partial charge in [0.25, 0.3) is 5.91 Å². The molecule has 0 aliphatic rings. The topological polar surface area (TPSA) is 97.1 Å². The molecule has 0 unspecified atom stereocenters. The van der Waals surface area contributed by atoms with Gasteiger partial charge in [-0.1, -0.05) is 13.8 Å². The first-order chi connectivity index (χ1) is 8.45. The summed E-state index contributed by atoms with van der Waals surface area (Å²) in [6.07, 6.45) is 2.26. The maximum absolute atomic E-state index is 11.7. The first kappa shape index (κ1) is 14.1. The molecule has 1 amide bonds. The molecule has 0 radical (unpaired) electrons. The normalized spacial score (nSPS) is 11.3. The number of nitrogens with zero attached hydrogens (tertiary/aromatic N) is 3. The van der Waals surface area contributed by atoms with Crippen molar-refractivity contribution >= 4 is 11.9 Å². The van der Waals surface area contributed by atoms with Crippen molar-refractivity contribution in [3.63, 3.8) is 0 Å². The van der Waals surface area contributed by atoms with Crippen molar-refractivity contribution in [1.29, 1.82) is 0 Å². The van der Waals surface area contributed by atoms with Crippen LogP contribution in [0.5, 0.6) is 0 Å². The minimum atomic E-state index is -0.919. The van der Waals surface area contributed by atoms with E-state index in [1.54, 1.807) is 20.9 Å². The number of carbonyl (C=O) groups is 2. The molecule has 1 aromatic heterocycles. The summed E-state index contributed by atoms with van der Waals surface area (Å²) < 4.78 is 0. The summed E-state index contributed by atoms with van der Waals surface area (Å²) in [4.78, 5) is 24.3. The molecule has 1 heterocycles. The zero-order valence-electron chi connectivity index (χ0n) is 10.8. The van der Waals surface area contributed by atoms with Gasteiger partial charge in [0.2, 0.25) is 0 Å². The van der Waals surface area contributed by atoms with Crippen LogP contribution in [0.15, 0.2) is 6.20 Å². The van der Waals surface area contributed by atoms with Crippen LogP contribution in [0.3, 0.4) is 0 Å². The van der Waals surface area contributed by atoms with Crippen LogP contribution in [0.4, 0.5) is 0 Å². The predicted molar refractivity (Wildman–Crippen MR) is 64.0 cm³/mol. The van der Waals surface area contributed by atoms with Crippen molar-refractivity contribution in [2.75, 3.05) is 6.54 Å². The van der Waals surface area contributed by atoms with Crippen molar-refractivity contribution in [2.24, 2.45) is 12.5 Å². The summed E-state index contributed by atoms with van der Waals surface area (Å²) in [5.74, 6) is -1.30. The van der Waals surface area contributed by atoms with E-state index in [2.05, 4.69) is 15.5 Å². The zero-order chi connectivity index (χ0) is 13.8. The second-order valence-corrected chi connectivity index (χ2v) is 4.19. The van der Waals surface area contributed by atoms with E-state index in [0.717, 1.165) is 0 Å². The lowest BCUT2D eigenvalue weighted by Crippen LogP contribution is -2.42. The standard InChI is InChI=1S/C11H18N4O3/c1-4-11(5-2,10(17)18)7-12-9(16)8-6-13-15(3)14-8/h6H,4-5,7H2,1-3H3,(H,12,16)(H,17,18). The summed E-state index contributed by atoms with van der Waals surface area (Å²) >= 11 is 0. The molecule has 0 fully saturated rings. The highest BCUT2D eigenvalue weighted by atomic mass is 16.4. The molecular formula is C11H18N4O3. The van der Waals surface area contributed by atoms with Gasteiger partial charge >= 0.3 is 5.97 Å². The van der Waals surface area contributed by atoms with E-state index in [9.17, 15) is 14.7 Å². The lowest BCUT2D eigenvalue weighted by Gasteiger charge is -2.26. The monoisotopic (exact) mass is 254 g/mol. The smallest absolute Gasteiger partial charge is 0.311 e. The van der Waals surface area contributed by atoms with Crippen molar-refractivity contribution < 1.29 is 14.7 Å². The Kier molecular flexibility index (Phi) is 4.41. The first-order valence-electron chi connectivity index (χ1n) is 5.83. The second kappa shape index (κ2) is 5.61. The van der Waals surface area contributed by atoms with Crippen molar-refractivity contribution in [1.82, 2.24) is 20.3 Å². The van der Waals surface area contributed by atoms with Gasteiger partial charge in [0.15, 0.2) is 5.69 Å². The first-order valence-corrected chi connectivity index (χ1v) is 5.83. The molecule has 0 aliphatic heterocycles. The van der Waals surface area contributed by atoms with Gasteiger partial charge in [-0.05, 0) is 12.8 Å². The van der Waals surface area contributed by atoms with E-state index in [1.807, 2.05) is 0 Å². The van der Waals surface area contributed by atoms with Gasteiger partial charge in [0.1, 0.15) is 0 Å². The van der Waals surface area contributed by atoms with Crippen LogP contribution in [0.1, 0.15) is 37.2 Å². The Labute approximate surface area is 105 Å². The molecule has 0 aromatic carbocycles. The third kappa shape index (κ3) is 2.85. The number of carboxylic acid groups (broad SMARTS) is 1. The number of rotatable bonds is 6. The van der Waals surface area contributed by atoms with E-state index < -0.39 is 17.3 Å². The molecule has 0 saturated heterocycles. The number of aliphatic carboxylic acids is 1. The number of nitrogens with one attached hydrogen (secondary N) is 1. The molecule has 7 heteroatoms. The van der Waals surface area contributed by atoms with E-state index in [1.165, 1.54) is 11.0 Å². The van der Waals surface area contributed by atoms with Gasteiger partial charge in [0.05, 0.1) is 11.6 Å². The Balaban J connectivity index is 2.69. The van der Waals surface area contributed by atoms with Gasteiger partial charge < -0.3 is 10.4 Å².